The molecule has 21 heavy (non-hydrogen) atoms. The Morgan fingerprint density at radius 3 is 2.24 bits per heavy atom. The van der Waals surface area contributed by atoms with Crippen LogP contribution in [0.15, 0.2) is 10.5 Å². The first-order valence-corrected chi connectivity index (χ1v) is 7.00. The largest absolute Gasteiger partial charge is 0.493 e. The third-order valence-electron chi connectivity index (χ3n) is 3.46. The van der Waals surface area contributed by atoms with Crippen LogP contribution in [0.25, 0.3) is 11.0 Å². The Morgan fingerprint density at radius 1 is 1.10 bits per heavy atom. The Kier molecular flexibility index (Phi) is 4.63. The van der Waals surface area contributed by atoms with Crippen LogP contribution in [0, 0.1) is 5.92 Å². The van der Waals surface area contributed by atoms with Crippen molar-refractivity contribution in [2.75, 3.05) is 21.3 Å². The van der Waals surface area contributed by atoms with Crippen LogP contribution in [-0.2, 0) is 13.0 Å². The Balaban J connectivity index is 2.82. The lowest BCUT2D eigenvalue weighted by Crippen LogP contribution is -2.02. The number of methoxy groups -OCH3 is 3. The monoisotopic (exact) mass is 293 g/mol. The van der Waals surface area contributed by atoms with Gasteiger partial charge in [-0.3, -0.25) is 0 Å². The van der Waals surface area contributed by atoms with Gasteiger partial charge in [-0.25, -0.2) is 0 Å². The summed E-state index contributed by atoms with van der Waals surface area (Å²) in [5, 5.41) is 0.921. The number of fused-ring (bicyclic) bond motifs is 1. The van der Waals surface area contributed by atoms with E-state index in [9.17, 15) is 0 Å². The Morgan fingerprint density at radius 2 is 1.76 bits per heavy atom. The second kappa shape index (κ2) is 6.26. The zero-order valence-corrected chi connectivity index (χ0v) is 13.3. The van der Waals surface area contributed by atoms with E-state index >= 15 is 0 Å². The summed E-state index contributed by atoms with van der Waals surface area (Å²) in [5.41, 5.74) is 7.62. The van der Waals surface area contributed by atoms with Gasteiger partial charge in [0.2, 0.25) is 5.75 Å². The smallest absolute Gasteiger partial charge is 0.204 e. The summed E-state index contributed by atoms with van der Waals surface area (Å²) in [5.74, 6) is 3.05. The van der Waals surface area contributed by atoms with E-state index in [0.29, 0.717) is 35.3 Å². The van der Waals surface area contributed by atoms with E-state index in [-0.39, 0.29) is 0 Å². The lowest BCUT2D eigenvalue weighted by molar-refractivity contribution is 0.326. The minimum Gasteiger partial charge on any atom is -0.493 e. The van der Waals surface area contributed by atoms with Gasteiger partial charge in [0.05, 0.1) is 33.3 Å². The summed E-state index contributed by atoms with van der Waals surface area (Å²) in [6.45, 7) is 4.67. The molecule has 0 atom stereocenters. The summed E-state index contributed by atoms with van der Waals surface area (Å²) in [7, 11) is 4.80. The van der Waals surface area contributed by atoms with Gasteiger partial charge in [-0.1, -0.05) is 13.8 Å². The molecular weight excluding hydrogens is 270 g/mol. The number of furan rings is 1. The fraction of sp³-hybridized carbons (Fsp3) is 0.500. The molecule has 0 aliphatic heterocycles. The van der Waals surface area contributed by atoms with E-state index in [1.165, 1.54) is 0 Å². The van der Waals surface area contributed by atoms with Crippen LogP contribution in [0.4, 0.5) is 0 Å². The maximum atomic E-state index is 5.89. The highest BCUT2D eigenvalue weighted by Crippen LogP contribution is 2.46. The summed E-state index contributed by atoms with van der Waals surface area (Å²) in [6.07, 6.45) is 0.866. The summed E-state index contributed by atoms with van der Waals surface area (Å²) < 4.78 is 22.3. The van der Waals surface area contributed by atoms with E-state index < -0.39 is 0 Å². The molecule has 0 unspecified atom stereocenters. The molecule has 1 aromatic carbocycles. The van der Waals surface area contributed by atoms with Crippen LogP contribution in [0.2, 0.25) is 0 Å². The van der Waals surface area contributed by atoms with Gasteiger partial charge in [0.25, 0.3) is 0 Å². The van der Waals surface area contributed by atoms with Crippen molar-refractivity contribution in [1.82, 2.24) is 0 Å². The zero-order chi connectivity index (χ0) is 15.6. The molecule has 0 spiro atoms. The molecule has 0 aliphatic rings. The zero-order valence-electron chi connectivity index (χ0n) is 13.3. The predicted octanol–water partition coefficient (Wildman–Crippen LogP) is 3.12. The first-order chi connectivity index (χ1) is 10.1. The lowest BCUT2D eigenvalue weighted by Gasteiger charge is -2.14. The normalized spacial score (nSPS) is 11.2. The molecule has 116 valence electrons. The van der Waals surface area contributed by atoms with Crippen LogP contribution in [0.1, 0.15) is 25.2 Å². The number of benzene rings is 1. The molecule has 0 aliphatic carbocycles. The predicted molar refractivity (Wildman–Crippen MR) is 82.3 cm³/mol. The molecule has 0 bridgehead atoms. The van der Waals surface area contributed by atoms with Crippen molar-refractivity contribution in [3.05, 3.63) is 17.4 Å². The standard InChI is InChI=1S/C16H23NO4/c1-9(2)6-10-13(8-17)21-11-7-12(18-3)15(19-4)16(20-5)14(10)11/h7,9H,6,8,17H2,1-5H3. The fourth-order valence-electron chi connectivity index (χ4n) is 2.62. The van der Waals surface area contributed by atoms with Gasteiger partial charge in [0.15, 0.2) is 11.5 Å². The molecule has 0 saturated carbocycles. The fourth-order valence-corrected chi connectivity index (χ4v) is 2.62. The molecular formula is C16H23NO4. The van der Waals surface area contributed by atoms with Crippen molar-refractivity contribution < 1.29 is 18.6 Å². The lowest BCUT2D eigenvalue weighted by atomic mass is 9.99. The van der Waals surface area contributed by atoms with Crippen LogP contribution >= 0.6 is 0 Å². The van der Waals surface area contributed by atoms with Crippen molar-refractivity contribution in [1.29, 1.82) is 0 Å². The molecule has 1 heterocycles. The first-order valence-electron chi connectivity index (χ1n) is 7.00. The van der Waals surface area contributed by atoms with Crippen molar-refractivity contribution >= 4 is 11.0 Å². The van der Waals surface area contributed by atoms with Crippen LogP contribution in [0.3, 0.4) is 0 Å². The van der Waals surface area contributed by atoms with E-state index in [1.807, 2.05) is 6.07 Å². The third-order valence-corrected chi connectivity index (χ3v) is 3.46. The highest BCUT2D eigenvalue weighted by molar-refractivity contribution is 5.93. The molecule has 5 heteroatoms. The van der Waals surface area contributed by atoms with Gasteiger partial charge < -0.3 is 24.4 Å². The second-order valence-electron chi connectivity index (χ2n) is 5.32. The van der Waals surface area contributed by atoms with Gasteiger partial charge in [-0.2, -0.15) is 0 Å². The van der Waals surface area contributed by atoms with E-state index in [2.05, 4.69) is 13.8 Å². The maximum absolute atomic E-state index is 5.89. The summed E-state index contributed by atoms with van der Waals surface area (Å²) in [6, 6.07) is 1.82. The summed E-state index contributed by atoms with van der Waals surface area (Å²) >= 11 is 0. The number of hydrogen-bond acceptors (Lipinski definition) is 5. The Labute approximate surface area is 125 Å². The maximum Gasteiger partial charge on any atom is 0.204 e. The van der Waals surface area contributed by atoms with Crippen molar-refractivity contribution in [2.24, 2.45) is 11.7 Å². The minimum atomic E-state index is 0.352. The van der Waals surface area contributed by atoms with Gasteiger partial charge in [-0.15, -0.1) is 0 Å². The van der Waals surface area contributed by atoms with Crippen molar-refractivity contribution in [2.45, 2.75) is 26.8 Å². The van der Waals surface area contributed by atoms with Crippen LogP contribution in [-0.4, -0.2) is 21.3 Å². The molecule has 0 amide bonds. The van der Waals surface area contributed by atoms with Gasteiger partial charge in [0, 0.05) is 11.6 Å². The molecule has 2 N–H and O–H groups in total. The quantitative estimate of drug-likeness (QED) is 0.886. The highest BCUT2D eigenvalue weighted by Gasteiger charge is 2.24. The molecule has 2 rings (SSSR count). The third kappa shape index (κ3) is 2.65. The summed E-state index contributed by atoms with van der Waals surface area (Å²) in [4.78, 5) is 0. The van der Waals surface area contributed by atoms with E-state index in [4.69, 9.17) is 24.4 Å². The van der Waals surface area contributed by atoms with Crippen LogP contribution in [0.5, 0.6) is 17.2 Å². The van der Waals surface area contributed by atoms with Gasteiger partial charge >= 0.3 is 0 Å². The number of hydrogen-bond donors (Lipinski definition) is 1. The molecule has 1 aromatic heterocycles. The second-order valence-corrected chi connectivity index (χ2v) is 5.32. The number of nitrogens with two attached hydrogens (primary N) is 1. The highest BCUT2D eigenvalue weighted by atomic mass is 16.5. The van der Waals surface area contributed by atoms with Crippen molar-refractivity contribution in [3.8, 4) is 17.2 Å². The SMILES string of the molecule is COc1cc2oc(CN)c(CC(C)C)c2c(OC)c1OC. The minimum absolute atomic E-state index is 0.352. The van der Waals surface area contributed by atoms with Crippen molar-refractivity contribution in [3.63, 3.8) is 0 Å². The Hall–Kier alpha value is -1.88. The van der Waals surface area contributed by atoms with Crippen LogP contribution < -0.4 is 19.9 Å². The molecule has 2 aromatic rings. The molecule has 0 fully saturated rings. The first kappa shape index (κ1) is 15.5. The Bertz CT molecular complexity index is 631. The average Bonchev–Trinajstić information content (AvgIpc) is 2.81. The number of rotatable bonds is 6. The molecule has 0 saturated heterocycles. The van der Waals surface area contributed by atoms with Gasteiger partial charge in [0.1, 0.15) is 11.3 Å². The van der Waals surface area contributed by atoms with E-state index in [0.717, 1.165) is 23.1 Å². The van der Waals surface area contributed by atoms with Gasteiger partial charge in [-0.05, 0) is 12.3 Å². The topological polar surface area (TPSA) is 66.9 Å². The average molecular weight is 293 g/mol. The molecule has 0 radical (unpaired) electrons. The van der Waals surface area contributed by atoms with E-state index in [1.54, 1.807) is 21.3 Å². The number of ether oxygens (including phenoxy) is 3. The molecule has 5 nitrogen and oxygen atoms in total.